The minimum atomic E-state index is -0.246. The molecule has 3 nitrogen and oxygen atoms in total. The fraction of sp³-hybridized carbons (Fsp3) is 0.364. The quantitative estimate of drug-likeness (QED) is 0.805. The molecule has 25 heavy (non-hydrogen) atoms. The van der Waals surface area contributed by atoms with E-state index in [4.69, 9.17) is 4.74 Å². The second-order valence-corrected chi connectivity index (χ2v) is 7.66. The predicted molar refractivity (Wildman–Crippen MR) is 99.6 cm³/mol. The summed E-state index contributed by atoms with van der Waals surface area (Å²) < 4.78 is 6.66. The third-order valence-corrected chi connectivity index (χ3v) is 5.84. The highest BCUT2D eigenvalue weighted by molar-refractivity contribution is 5.67. The Morgan fingerprint density at radius 1 is 1.08 bits per heavy atom. The molecule has 0 unspecified atom stereocenters. The van der Waals surface area contributed by atoms with Gasteiger partial charge in [0, 0.05) is 18.4 Å². The van der Waals surface area contributed by atoms with Crippen LogP contribution >= 0.6 is 0 Å². The Morgan fingerprint density at radius 2 is 1.88 bits per heavy atom. The van der Waals surface area contributed by atoms with Gasteiger partial charge in [-0.25, -0.2) is 0 Å². The summed E-state index contributed by atoms with van der Waals surface area (Å²) in [5, 5.41) is 2.38. The average Bonchev–Trinajstić information content (AvgIpc) is 3.09. The van der Waals surface area contributed by atoms with Crippen molar-refractivity contribution < 1.29 is 4.74 Å². The number of rotatable bonds is 1. The van der Waals surface area contributed by atoms with E-state index in [0.717, 1.165) is 18.6 Å². The summed E-state index contributed by atoms with van der Waals surface area (Å²) in [6, 6.07) is 19.3. The van der Waals surface area contributed by atoms with E-state index in [1.165, 1.54) is 29.7 Å². The van der Waals surface area contributed by atoms with Gasteiger partial charge in [0.1, 0.15) is 5.75 Å². The maximum Gasteiger partial charge on any atom is 0.180 e. The average molecular weight is 332 g/mol. The van der Waals surface area contributed by atoms with Crippen molar-refractivity contribution in [1.82, 2.24) is 10.4 Å². The SMILES string of the molecule is C[C@@H]1CCC[C@@]2(C1)Oc1ccccc1[C@@H]1C=C(c3ccccc3)NN12. The number of benzene rings is 2. The molecule has 2 aromatic rings. The Bertz CT molecular complexity index is 816. The summed E-state index contributed by atoms with van der Waals surface area (Å²) in [6.45, 7) is 2.35. The van der Waals surface area contributed by atoms with E-state index < -0.39 is 0 Å². The van der Waals surface area contributed by atoms with Gasteiger partial charge in [0.15, 0.2) is 5.72 Å². The largest absolute Gasteiger partial charge is 0.471 e. The van der Waals surface area contributed by atoms with E-state index in [2.05, 4.69) is 78.0 Å². The van der Waals surface area contributed by atoms with Gasteiger partial charge in [0.05, 0.1) is 11.7 Å². The van der Waals surface area contributed by atoms with Crippen molar-refractivity contribution in [3.8, 4) is 5.75 Å². The number of hydrogen-bond acceptors (Lipinski definition) is 3. The summed E-state index contributed by atoms with van der Waals surface area (Å²) in [5.74, 6) is 1.73. The molecular weight excluding hydrogens is 308 g/mol. The van der Waals surface area contributed by atoms with Crippen LogP contribution in [-0.4, -0.2) is 10.7 Å². The molecular formula is C22H24N2O. The topological polar surface area (TPSA) is 24.5 Å². The van der Waals surface area contributed by atoms with Crippen LogP contribution in [0.2, 0.25) is 0 Å². The molecule has 2 aliphatic heterocycles. The smallest absolute Gasteiger partial charge is 0.180 e. The molecule has 1 fully saturated rings. The molecule has 5 rings (SSSR count). The van der Waals surface area contributed by atoms with E-state index in [0.29, 0.717) is 5.92 Å². The monoisotopic (exact) mass is 332 g/mol. The van der Waals surface area contributed by atoms with Crippen LogP contribution in [-0.2, 0) is 0 Å². The highest BCUT2D eigenvalue weighted by Gasteiger charge is 2.51. The van der Waals surface area contributed by atoms with Gasteiger partial charge in [-0.05, 0) is 30.0 Å². The summed E-state index contributed by atoms with van der Waals surface area (Å²) >= 11 is 0. The van der Waals surface area contributed by atoms with Crippen molar-refractivity contribution in [3.63, 3.8) is 0 Å². The number of nitrogens with zero attached hydrogens (tertiary/aromatic N) is 1. The summed E-state index contributed by atoms with van der Waals surface area (Å²) in [5.41, 5.74) is 7.12. The molecule has 3 aliphatic rings. The number of fused-ring (bicyclic) bond motifs is 4. The van der Waals surface area contributed by atoms with E-state index in [1.807, 2.05) is 0 Å². The van der Waals surface area contributed by atoms with Crippen LogP contribution in [0.25, 0.3) is 5.70 Å². The van der Waals surface area contributed by atoms with Crippen molar-refractivity contribution in [2.24, 2.45) is 5.92 Å². The highest BCUT2D eigenvalue weighted by atomic mass is 16.5. The third kappa shape index (κ3) is 2.37. The zero-order valence-corrected chi connectivity index (χ0v) is 14.6. The number of hydrogen-bond donors (Lipinski definition) is 1. The van der Waals surface area contributed by atoms with Crippen LogP contribution < -0.4 is 10.2 Å². The lowest BCUT2D eigenvalue weighted by Gasteiger charge is -2.51. The van der Waals surface area contributed by atoms with Crippen molar-refractivity contribution in [3.05, 3.63) is 71.8 Å². The lowest BCUT2D eigenvalue weighted by Crippen LogP contribution is -2.61. The van der Waals surface area contributed by atoms with Crippen LogP contribution in [0.3, 0.4) is 0 Å². The molecule has 1 aliphatic carbocycles. The van der Waals surface area contributed by atoms with E-state index in [-0.39, 0.29) is 11.8 Å². The Morgan fingerprint density at radius 3 is 2.72 bits per heavy atom. The molecule has 1 spiro atoms. The van der Waals surface area contributed by atoms with Crippen LogP contribution in [0.1, 0.15) is 49.8 Å². The fourth-order valence-corrected chi connectivity index (χ4v) is 4.69. The van der Waals surface area contributed by atoms with E-state index in [9.17, 15) is 0 Å². The molecule has 0 saturated heterocycles. The van der Waals surface area contributed by atoms with Gasteiger partial charge < -0.3 is 10.2 Å². The Hall–Kier alpha value is -2.26. The number of hydrazine groups is 1. The second-order valence-electron chi connectivity index (χ2n) is 7.66. The van der Waals surface area contributed by atoms with Crippen molar-refractivity contribution in [1.29, 1.82) is 0 Å². The molecule has 0 amide bonds. The van der Waals surface area contributed by atoms with Gasteiger partial charge >= 0.3 is 0 Å². The maximum absolute atomic E-state index is 6.66. The molecule has 128 valence electrons. The van der Waals surface area contributed by atoms with Gasteiger partial charge in [-0.3, -0.25) is 0 Å². The molecule has 1 N–H and O–H groups in total. The fourth-order valence-electron chi connectivity index (χ4n) is 4.69. The first kappa shape index (κ1) is 15.0. The van der Waals surface area contributed by atoms with Gasteiger partial charge in [-0.2, -0.15) is 5.01 Å². The standard InChI is InChI=1S/C22H24N2O/c1-16-8-7-13-22(15-16)24-20(18-11-5-6-12-21(18)25-22)14-19(23-24)17-9-3-2-4-10-17/h2-6,9-12,14,16,20,23H,7-8,13,15H2,1H3/t16-,20+,22+/m1/s1. The van der Waals surface area contributed by atoms with E-state index >= 15 is 0 Å². The van der Waals surface area contributed by atoms with Crippen molar-refractivity contribution in [2.45, 2.75) is 44.4 Å². The number of para-hydroxylation sites is 1. The summed E-state index contributed by atoms with van der Waals surface area (Å²) in [6.07, 6.45) is 7.02. The van der Waals surface area contributed by atoms with Crippen LogP contribution in [0.15, 0.2) is 60.7 Å². The van der Waals surface area contributed by atoms with Crippen molar-refractivity contribution >= 4 is 5.70 Å². The van der Waals surface area contributed by atoms with Gasteiger partial charge in [0.25, 0.3) is 0 Å². The minimum absolute atomic E-state index is 0.227. The normalized spacial score (nSPS) is 30.8. The maximum atomic E-state index is 6.66. The van der Waals surface area contributed by atoms with E-state index in [1.54, 1.807) is 0 Å². The van der Waals surface area contributed by atoms with Gasteiger partial charge in [-0.1, -0.05) is 61.9 Å². The lowest BCUT2D eigenvalue weighted by atomic mass is 9.82. The molecule has 0 bridgehead atoms. The zero-order chi connectivity index (χ0) is 16.9. The second kappa shape index (κ2) is 5.63. The zero-order valence-electron chi connectivity index (χ0n) is 14.6. The molecule has 3 heteroatoms. The predicted octanol–water partition coefficient (Wildman–Crippen LogP) is 4.89. The highest BCUT2D eigenvalue weighted by Crippen LogP contribution is 2.50. The van der Waals surface area contributed by atoms with Crippen LogP contribution in [0.5, 0.6) is 5.75 Å². The first-order chi connectivity index (χ1) is 12.3. The number of ether oxygens (including phenoxy) is 1. The molecule has 0 aromatic heterocycles. The Balaban J connectivity index is 1.60. The van der Waals surface area contributed by atoms with Crippen molar-refractivity contribution in [2.75, 3.05) is 0 Å². The minimum Gasteiger partial charge on any atom is -0.471 e. The molecule has 2 aromatic carbocycles. The third-order valence-electron chi connectivity index (χ3n) is 5.84. The summed E-state index contributed by atoms with van der Waals surface area (Å²) in [4.78, 5) is 0. The van der Waals surface area contributed by atoms with Crippen LogP contribution in [0, 0.1) is 5.92 Å². The molecule has 2 heterocycles. The summed E-state index contributed by atoms with van der Waals surface area (Å²) in [7, 11) is 0. The molecule has 0 radical (unpaired) electrons. The Kier molecular flexibility index (Phi) is 3.39. The first-order valence-electron chi connectivity index (χ1n) is 9.36. The van der Waals surface area contributed by atoms with Gasteiger partial charge in [0.2, 0.25) is 0 Å². The lowest BCUT2D eigenvalue weighted by molar-refractivity contribution is -0.159. The molecule has 3 atom stereocenters. The van der Waals surface area contributed by atoms with Crippen LogP contribution in [0.4, 0.5) is 0 Å². The Labute approximate surface area is 149 Å². The molecule has 1 saturated carbocycles. The van der Waals surface area contributed by atoms with Gasteiger partial charge in [-0.15, -0.1) is 0 Å². The first-order valence-corrected chi connectivity index (χ1v) is 9.36. The number of nitrogens with one attached hydrogen (secondary N) is 1.